The van der Waals surface area contributed by atoms with Crippen molar-refractivity contribution in [2.24, 2.45) is 5.92 Å². The van der Waals surface area contributed by atoms with Crippen LogP contribution in [0.15, 0.2) is 23.1 Å². The molecule has 0 amide bonds. The molecular formula is C14H22N2O3S. The van der Waals surface area contributed by atoms with Gasteiger partial charge in [-0.1, -0.05) is 19.8 Å². The molecule has 3 N–H and O–H groups in total. The van der Waals surface area contributed by atoms with Gasteiger partial charge in [-0.2, -0.15) is 4.31 Å². The molecule has 0 atom stereocenters. The molecule has 1 aromatic rings. The van der Waals surface area contributed by atoms with Gasteiger partial charge < -0.3 is 10.8 Å². The normalized spacial score (nSPS) is 18.2. The van der Waals surface area contributed by atoms with Crippen molar-refractivity contribution in [3.8, 4) is 5.75 Å². The number of phenols is 1. The number of anilines is 1. The van der Waals surface area contributed by atoms with E-state index in [9.17, 15) is 13.5 Å². The zero-order chi connectivity index (χ0) is 14.8. The Bertz CT molecular complexity index is 564. The van der Waals surface area contributed by atoms with Gasteiger partial charge in [0.15, 0.2) is 0 Å². The van der Waals surface area contributed by atoms with E-state index in [1.165, 1.54) is 28.9 Å². The number of nitrogens with zero attached hydrogens (tertiary/aromatic N) is 1. The molecule has 0 unspecified atom stereocenters. The lowest BCUT2D eigenvalue weighted by Crippen LogP contribution is -2.38. The van der Waals surface area contributed by atoms with Crippen LogP contribution in [-0.4, -0.2) is 30.9 Å². The predicted octanol–water partition coefficient (Wildman–Crippen LogP) is 2.18. The maximum Gasteiger partial charge on any atom is 0.243 e. The number of nitrogens with two attached hydrogens (primary N) is 1. The number of nitrogen functional groups attached to an aromatic ring is 1. The van der Waals surface area contributed by atoms with E-state index in [1.807, 2.05) is 0 Å². The van der Waals surface area contributed by atoms with E-state index in [-0.39, 0.29) is 16.3 Å². The van der Waals surface area contributed by atoms with Crippen LogP contribution in [-0.2, 0) is 10.0 Å². The summed E-state index contributed by atoms with van der Waals surface area (Å²) in [6, 6.07) is 4.05. The molecule has 0 saturated carbocycles. The van der Waals surface area contributed by atoms with Crippen LogP contribution in [0.25, 0.3) is 0 Å². The minimum absolute atomic E-state index is 0.0898. The summed E-state index contributed by atoms with van der Waals surface area (Å²) in [6.45, 7) is 3.28. The van der Waals surface area contributed by atoms with E-state index >= 15 is 0 Å². The average molecular weight is 298 g/mol. The molecule has 20 heavy (non-hydrogen) atoms. The van der Waals surface area contributed by atoms with Gasteiger partial charge in [0.1, 0.15) is 5.75 Å². The molecule has 0 aliphatic carbocycles. The van der Waals surface area contributed by atoms with Gasteiger partial charge in [0.05, 0.1) is 10.6 Å². The van der Waals surface area contributed by atoms with Crippen molar-refractivity contribution in [1.82, 2.24) is 4.31 Å². The maximum absolute atomic E-state index is 12.5. The Kier molecular flexibility index (Phi) is 4.55. The molecule has 1 fully saturated rings. The van der Waals surface area contributed by atoms with Gasteiger partial charge in [-0.25, -0.2) is 8.42 Å². The third-order valence-electron chi connectivity index (χ3n) is 3.91. The first-order valence-electron chi connectivity index (χ1n) is 7.03. The smallest absolute Gasteiger partial charge is 0.243 e. The monoisotopic (exact) mass is 298 g/mol. The summed E-state index contributed by atoms with van der Waals surface area (Å²) in [5.74, 6) is 0.543. The van der Waals surface area contributed by atoms with Gasteiger partial charge in [0.2, 0.25) is 10.0 Å². The van der Waals surface area contributed by atoms with E-state index in [0.717, 1.165) is 19.3 Å². The van der Waals surface area contributed by atoms with Crippen molar-refractivity contribution in [1.29, 1.82) is 0 Å². The van der Waals surface area contributed by atoms with Crippen LogP contribution >= 0.6 is 0 Å². The largest absolute Gasteiger partial charge is 0.506 e. The summed E-state index contributed by atoms with van der Waals surface area (Å²) in [7, 11) is -3.50. The number of benzene rings is 1. The zero-order valence-electron chi connectivity index (χ0n) is 11.7. The number of phenolic OH excluding ortho intramolecular Hbond substituents is 1. The molecule has 0 spiro atoms. The molecule has 0 radical (unpaired) electrons. The Labute approximate surface area is 120 Å². The molecule has 1 aromatic carbocycles. The Morgan fingerprint density at radius 1 is 1.35 bits per heavy atom. The SMILES string of the molecule is CCCC1CCN(S(=O)(=O)c2ccc(O)c(N)c2)CC1. The van der Waals surface area contributed by atoms with Crippen molar-refractivity contribution >= 4 is 15.7 Å². The van der Waals surface area contributed by atoms with Gasteiger partial charge >= 0.3 is 0 Å². The number of sulfonamides is 1. The van der Waals surface area contributed by atoms with E-state index in [1.54, 1.807) is 0 Å². The fraction of sp³-hybridized carbons (Fsp3) is 0.571. The number of hydrogen-bond donors (Lipinski definition) is 2. The van der Waals surface area contributed by atoms with Crippen LogP contribution in [0.1, 0.15) is 32.6 Å². The van der Waals surface area contributed by atoms with Gasteiger partial charge in [-0.05, 0) is 37.0 Å². The lowest BCUT2D eigenvalue weighted by atomic mass is 9.94. The highest BCUT2D eigenvalue weighted by molar-refractivity contribution is 7.89. The van der Waals surface area contributed by atoms with Crippen LogP contribution in [0.2, 0.25) is 0 Å². The van der Waals surface area contributed by atoms with Crippen molar-refractivity contribution in [2.45, 2.75) is 37.5 Å². The second-order valence-corrected chi connectivity index (χ2v) is 7.29. The first-order chi connectivity index (χ1) is 9.45. The van der Waals surface area contributed by atoms with E-state index in [2.05, 4.69) is 6.92 Å². The fourth-order valence-electron chi connectivity index (χ4n) is 2.69. The highest BCUT2D eigenvalue weighted by Crippen LogP contribution is 2.29. The molecule has 0 bridgehead atoms. The fourth-order valence-corrected chi connectivity index (χ4v) is 4.19. The first-order valence-corrected chi connectivity index (χ1v) is 8.47. The standard InChI is InChI=1S/C14H22N2O3S/c1-2-3-11-6-8-16(9-7-11)20(18,19)12-4-5-14(17)13(15)10-12/h4-5,10-11,17H,2-3,6-9,15H2,1H3. The third-order valence-corrected chi connectivity index (χ3v) is 5.80. The third kappa shape index (κ3) is 3.07. The minimum atomic E-state index is -3.50. The van der Waals surface area contributed by atoms with Crippen LogP contribution in [0.4, 0.5) is 5.69 Å². The zero-order valence-corrected chi connectivity index (χ0v) is 12.6. The van der Waals surface area contributed by atoms with E-state index < -0.39 is 10.0 Å². The quantitative estimate of drug-likeness (QED) is 0.659. The lowest BCUT2D eigenvalue weighted by molar-refractivity contribution is 0.262. The molecule has 5 nitrogen and oxygen atoms in total. The summed E-state index contributed by atoms with van der Waals surface area (Å²) in [6.07, 6.45) is 4.15. The van der Waals surface area contributed by atoms with Crippen LogP contribution in [0.3, 0.4) is 0 Å². The molecule has 6 heteroatoms. The lowest BCUT2D eigenvalue weighted by Gasteiger charge is -2.31. The van der Waals surface area contributed by atoms with Crippen molar-refractivity contribution in [3.63, 3.8) is 0 Å². The molecule has 1 saturated heterocycles. The Hall–Kier alpha value is -1.27. The Morgan fingerprint density at radius 3 is 2.55 bits per heavy atom. The Balaban J connectivity index is 2.13. The molecule has 112 valence electrons. The predicted molar refractivity (Wildman–Crippen MR) is 78.9 cm³/mol. The number of aromatic hydroxyl groups is 1. The van der Waals surface area contributed by atoms with Crippen molar-refractivity contribution < 1.29 is 13.5 Å². The molecule has 1 aliphatic rings. The summed E-state index contributed by atoms with van der Waals surface area (Å²) < 4.78 is 26.5. The summed E-state index contributed by atoms with van der Waals surface area (Å²) in [4.78, 5) is 0.154. The molecule has 1 heterocycles. The molecule has 0 aromatic heterocycles. The van der Waals surface area contributed by atoms with Crippen LogP contribution in [0, 0.1) is 5.92 Å². The number of piperidine rings is 1. The highest BCUT2D eigenvalue weighted by atomic mass is 32.2. The van der Waals surface area contributed by atoms with E-state index in [4.69, 9.17) is 5.73 Å². The molecular weight excluding hydrogens is 276 g/mol. The number of rotatable bonds is 4. The maximum atomic E-state index is 12.5. The second kappa shape index (κ2) is 6.01. The molecule has 1 aliphatic heterocycles. The highest BCUT2D eigenvalue weighted by Gasteiger charge is 2.29. The van der Waals surface area contributed by atoms with Gasteiger partial charge in [-0.3, -0.25) is 0 Å². The molecule has 2 rings (SSSR count). The topological polar surface area (TPSA) is 83.6 Å². The van der Waals surface area contributed by atoms with Gasteiger partial charge in [0, 0.05) is 13.1 Å². The van der Waals surface area contributed by atoms with Crippen molar-refractivity contribution in [2.75, 3.05) is 18.8 Å². The second-order valence-electron chi connectivity index (χ2n) is 5.36. The van der Waals surface area contributed by atoms with E-state index in [0.29, 0.717) is 19.0 Å². The van der Waals surface area contributed by atoms with Gasteiger partial charge in [-0.15, -0.1) is 0 Å². The number of hydrogen-bond acceptors (Lipinski definition) is 4. The summed E-state index contributed by atoms with van der Waals surface area (Å²) in [5.41, 5.74) is 5.67. The van der Waals surface area contributed by atoms with Crippen LogP contribution < -0.4 is 5.73 Å². The van der Waals surface area contributed by atoms with Gasteiger partial charge in [0.25, 0.3) is 0 Å². The summed E-state index contributed by atoms with van der Waals surface area (Å²) >= 11 is 0. The minimum Gasteiger partial charge on any atom is -0.506 e. The Morgan fingerprint density at radius 2 is 2.00 bits per heavy atom. The van der Waals surface area contributed by atoms with Crippen LogP contribution in [0.5, 0.6) is 5.75 Å². The van der Waals surface area contributed by atoms with Crippen molar-refractivity contribution in [3.05, 3.63) is 18.2 Å². The summed E-state index contributed by atoms with van der Waals surface area (Å²) in [5, 5.41) is 9.38. The first kappa shape index (κ1) is 15.1. The average Bonchev–Trinajstić information content (AvgIpc) is 2.43.